The van der Waals surface area contributed by atoms with Gasteiger partial charge in [-0.25, -0.2) is 0 Å². The molecule has 0 aliphatic carbocycles. The predicted molar refractivity (Wildman–Crippen MR) is 73.8 cm³/mol. The number of hydrogen-bond donors (Lipinski definition) is 2. The number of nitrogens with zero attached hydrogens (tertiary/aromatic N) is 2. The molecule has 0 bridgehead atoms. The van der Waals surface area contributed by atoms with Crippen molar-refractivity contribution in [2.45, 2.75) is 0 Å². The third kappa shape index (κ3) is 3.61. The Morgan fingerprint density at radius 1 is 1.37 bits per heavy atom. The van der Waals surface area contributed by atoms with Crippen LogP contribution < -0.4 is 15.8 Å². The molecule has 0 amide bonds. The van der Waals surface area contributed by atoms with E-state index in [-0.39, 0.29) is 0 Å². The summed E-state index contributed by atoms with van der Waals surface area (Å²) in [7, 11) is 0. The fraction of sp³-hybridized carbons (Fsp3) is 0.143. The molecule has 5 nitrogen and oxygen atoms in total. The second kappa shape index (κ2) is 6.26. The van der Waals surface area contributed by atoms with Crippen LogP contribution >= 0.6 is 0 Å². The standard InChI is InChI=1S/C14H14N4O/c15-9-11-4-5-17-10-14(11)18-6-7-19-13-3-1-2-12(16)8-13/h1-5,8,10,18H,6-7,16H2. The van der Waals surface area contributed by atoms with Crippen molar-refractivity contribution >= 4 is 11.4 Å². The molecule has 96 valence electrons. The van der Waals surface area contributed by atoms with Crippen LogP contribution in [-0.4, -0.2) is 18.1 Å². The van der Waals surface area contributed by atoms with Gasteiger partial charge < -0.3 is 15.8 Å². The third-order valence-electron chi connectivity index (χ3n) is 2.49. The molecule has 1 aromatic heterocycles. The Labute approximate surface area is 111 Å². The first-order valence-corrected chi connectivity index (χ1v) is 5.86. The van der Waals surface area contributed by atoms with Gasteiger partial charge in [0.05, 0.1) is 17.4 Å². The maximum absolute atomic E-state index is 8.92. The van der Waals surface area contributed by atoms with E-state index in [2.05, 4.69) is 16.4 Å². The van der Waals surface area contributed by atoms with Crippen LogP contribution in [0.15, 0.2) is 42.7 Å². The van der Waals surface area contributed by atoms with Gasteiger partial charge >= 0.3 is 0 Å². The number of pyridine rings is 1. The topological polar surface area (TPSA) is 84.0 Å². The zero-order chi connectivity index (χ0) is 13.5. The Morgan fingerprint density at radius 3 is 3.05 bits per heavy atom. The van der Waals surface area contributed by atoms with Gasteiger partial charge in [-0.2, -0.15) is 5.26 Å². The SMILES string of the molecule is N#Cc1ccncc1NCCOc1cccc(N)c1. The average Bonchev–Trinajstić information content (AvgIpc) is 2.44. The average molecular weight is 254 g/mol. The molecule has 0 spiro atoms. The van der Waals surface area contributed by atoms with E-state index in [4.69, 9.17) is 15.7 Å². The lowest BCUT2D eigenvalue weighted by Crippen LogP contribution is -2.12. The molecular formula is C14H14N4O. The fourth-order valence-electron chi connectivity index (χ4n) is 1.59. The number of nitrogen functional groups attached to an aromatic ring is 1. The molecule has 0 aliphatic rings. The van der Waals surface area contributed by atoms with Gasteiger partial charge in [0.15, 0.2) is 0 Å². The second-order valence-electron chi connectivity index (χ2n) is 3.88. The lowest BCUT2D eigenvalue weighted by atomic mass is 10.2. The van der Waals surface area contributed by atoms with Gasteiger partial charge in [0.2, 0.25) is 0 Å². The number of aromatic nitrogens is 1. The number of nitrogens with two attached hydrogens (primary N) is 1. The number of nitriles is 1. The van der Waals surface area contributed by atoms with Crippen molar-refractivity contribution in [2.75, 3.05) is 24.2 Å². The zero-order valence-electron chi connectivity index (χ0n) is 10.3. The van der Waals surface area contributed by atoms with Crippen molar-refractivity contribution in [3.8, 4) is 11.8 Å². The van der Waals surface area contributed by atoms with Crippen molar-refractivity contribution in [1.29, 1.82) is 5.26 Å². The summed E-state index contributed by atoms with van der Waals surface area (Å²) in [6.45, 7) is 1.05. The van der Waals surface area contributed by atoms with E-state index in [0.717, 1.165) is 5.75 Å². The lowest BCUT2D eigenvalue weighted by Gasteiger charge is -2.09. The maximum Gasteiger partial charge on any atom is 0.121 e. The van der Waals surface area contributed by atoms with Crippen molar-refractivity contribution in [3.63, 3.8) is 0 Å². The second-order valence-corrected chi connectivity index (χ2v) is 3.88. The summed E-state index contributed by atoms with van der Waals surface area (Å²) >= 11 is 0. The molecule has 19 heavy (non-hydrogen) atoms. The van der Waals surface area contributed by atoms with Gasteiger partial charge in [-0.15, -0.1) is 0 Å². The maximum atomic E-state index is 8.92. The molecule has 3 N–H and O–H groups in total. The molecule has 0 saturated carbocycles. The van der Waals surface area contributed by atoms with Gasteiger partial charge in [-0.05, 0) is 18.2 Å². The molecule has 0 saturated heterocycles. The molecule has 0 unspecified atom stereocenters. The highest BCUT2D eigenvalue weighted by atomic mass is 16.5. The summed E-state index contributed by atoms with van der Waals surface area (Å²) in [5.74, 6) is 0.730. The summed E-state index contributed by atoms with van der Waals surface area (Å²) in [5.41, 5.74) is 7.60. The zero-order valence-corrected chi connectivity index (χ0v) is 10.3. The Balaban J connectivity index is 1.83. The molecule has 0 aliphatic heterocycles. The van der Waals surface area contributed by atoms with Crippen LogP contribution in [0, 0.1) is 11.3 Å². The van der Waals surface area contributed by atoms with Crippen molar-refractivity contribution < 1.29 is 4.74 Å². The number of nitrogens with one attached hydrogen (secondary N) is 1. The fourth-order valence-corrected chi connectivity index (χ4v) is 1.59. The molecule has 2 rings (SSSR count). The van der Waals surface area contributed by atoms with E-state index in [9.17, 15) is 0 Å². The summed E-state index contributed by atoms with van der Waals surface area (Å²) in [6, 6.07) is 11.0. The van der Waals surface area contributed by atoms with Crippen LogP contribution in [0.5, 0.6) is 5.75 Å². The number of hydrogen-bond acceptors (Lipinski definition) is 5. The molecule has 1 aromatic carbocycles. The third-order valence-corrected chi connectivity index (χ3v) is 2.49. The summed E-state index contributed by atoms with van der Waals surface area (Å²) in [4.78, 5) is 3.97. The van der Waals surface area contributed by atoms with Gasteiger partial charge in [0.1, 0.15) is 18.4 Å². The van der Waals surface area contributed by atoms with Crippen LogP contribution in [0.4, 0.5) is 11.4 Å². The Bertz CT molecular complexity index is 592. The molecule has 0 radical (unpaired) electrons. The van der Waals surface area contributed by atoms with Crippen molar-refractivity contribution in [1.82, 2.24) is 4.98 Å². The first-order valence-electron chi connectivity index (χ1n) is 5.86. The highest BCUT2D eigenvalue weighted by Gasteiger charge is 2.00. The summed E-state index contributed by atoms with van der Waals surface area (Å²) in [6.07, 6.45) is 3.21. The number of rotatable bonds is 5. The first-order chi connectivity index (χ1) is 9.29. The van der Waals surface area contributed by atoms with Crippen molar-refractivity contribution in [3.05, 3.63) is 48.3 Å². The van der Waals surface area contributed by atoms with E-state index in [1.807, 2.05) is 12.1 Å². The normalized spacial score (nSPS) is 9.63. The predicted octanol–water partition coefficient (Wildman–Crippen LogP) is 2.03. The molecule has 5 heteroatoms. The number of benzene rings is 1. The number of anilines is 2. The van der Waals surface area contributed by atoms with Crippen LogP contribution in [0.3, 0.4) is 0 Å². The van der Waals surface area contributed by atoms with Crippen molar-refractivity contribution in [2.24, 2.45) is 0 Å². The quantitative estimate of drug-likeness (QED) is 0.630. The van der Waals surface area contributed by atoms with Crippen LogP contribution in [-0.2, 0) is 0 Å². The molecular weight excluding hydrogens is 240 g/mol. The van der Waals surface area contributed by atoms with E-state index < -0.39 is 0 Å². The minimum atomic E-state index is 0.475. The van der Waals surface area contributed by atoms with Gasteiger partial charge in [0.25, 0.3) is 0 Å². The van der Waals surface area contributed by atoms with Crippen LogP contribution in [0.2, 0.25) is 0 Å². The molecule has 2 aromatic rings. The highest BCUT2D eigenvalue weighted by molar-refractivity contribution is 5.55. The van der Waals surface area contributed by atoms with Gasteiger partial charge in [-0.1, -0.05) is 6.07 Å². The molecule has 0 fully saturated rings. The molecule has 1 heterocycles. The summed E-state index contributed by atoms with van der Waals surface area (Å²) in [5, 5.41) is 12.0. The van der Waals surface area contributed by atoms with E-state index in [1.165, 1.54) is 0 Å². The first kappa shape index (κ1) is 12.7. The highest BCUT2D eigenvalue weighted by Crippen LogP contribution is 2.14. The lowest BCUT2D eigenvalue weighted by molar-refractivity contribution is 0.333. The largest absolute Gasteiger partial charge is 0.492 e. The van der Waals surface area contributed by atoms with Gasteiger partial charge in [-0.3, -0.25) is 4.98 Å². The minimum absolute atomic E-state index is 0.475. The van der Waals surface area contributed by atoms with Gasteiger partial charge in [0, 0.05) is 24.5 Å². The Morgan fingerprint density at radius 2 is 2.26 bits per heavy atom. The smallest absolute Gasteiger partial charge is 0.121 e. The Kier molecular flexibility index (Phi) is 4.19. The minimum Gasteiger partial charge on any atom is -0.492 e. The monoisotopic (exact) mass is 254 g/mol. The van der Waals surface area contributed by atoms with E-state index >= 15 is 0 Å². The summed E-state index contributed by atoms with van der Waals surface area (Å²) < 4.78 is 5.54. The Hall–Kier alpha value is -2.74. The molecule has 0 atom stereocenters. The van der Waals surface area contributed by atoms with E-state index in [0.29, 0.717) is 30.1 Å². The van der Waals surface area contributed by atoms with E-state index in [1.54, 1.807) is 30.6 Å². The number of ether oxygens (including phenoxy) is 1. The van der Waals surface area contributed by atoms with Crippen LogP contribution in [0.1, 0.15) is 5.56 Å². The van der Waals surface area contributed by atoms with Crippen LogP contribution in [0.25, 0.3) is 0 Å².